The van der Waals surface area contributed by atoms with Crippen LogP contribution in [0.25, 0.3) is 0 Å². The first kappa shape index (κ1) is 27.7. The number of carbonyl (C=O) groups excluding carboxylic acids is 2. The van der Waals surface area contributed by atoms with Crippen LogP contribution in [-0.4, -0.2) is 90.3 Å². The smallest absolute Gasteiger partial charge is 0.269 e. The Balaban J connectivity index is 1.37. The van der Waals surface area contributed by atoms with Crippen molar-refractivity contribution in [1.82, 2.24) is 14.8 Å². The molecule has 0 radical (unpaired) electrons. The maximum absolute atomic E-state index is 13.8. The lowest BCUT2D eigenvalue weighted by Crippen LogP contribution is -2.49. The molecule has 0 spiro atoms. The van der Waals surface area contributed by atoms with E-state index in [0.717, 1.165) is 37.9 Å². The maximum atomic E-state index is 13.8. The van der Waals surface area contributed by atoms with Gasteiger partial charge in [0.2, 0.25) is 5.91 Å². The van der Waals surface area contributed by atoms with Gasteiger partial charge in [0.05, 0.1) is 37.0 Å². The Hall–Kier alpha value is -3.83. The molecule has 2 aromatic rings. The molecule has 1 atom stereocenters. The van der Waals surface area contributed by atoms with Crippen LogP contribution in [0.5, 0.6) is 5.75 Å². The average Bonchev–Trinajstić information content (AvgIpc) is 3.40. The lowest BCUT2D eigenvalue weighted by molar-refractivity contribution is -0.384. The third-order valence-corrected chi connectivity index (χ3v) is 7.96. The first-order valence-electron chi connectivity index (χ1n) is 13.8. The van der Waals surface area contributed by atoms with E-state index in [2.05, 4.69) is 4.90 Å². The average molecular weight is 550 g/mol. The summed E-state index contributed by atoms with van der Waals surface area (Å²) in [7, 11) is 1.60. The van der Waals surface area contributed by atoms with Gasteiger partial charge in [-0.25, -0.2) is 5.01 Å². The number of hydrazone groups is 1. The summed E-state index contributed by atoms with van der Waals surface area (Å²) in [6.07, 6.45) is 3.21. The van der Waals surface area contributed by atoms with Gasteiger partial charge in [0.1, 0.15) is 12.3 Å². The fourth-order valence-corrected chi connectivity index (χ4v) is 5.28. The molecule has 2 amide bonds. The van der Waals surface area contributed by atoms with Crippen molar-refractivity contribution in [3.63, 3.8) is 0 Å². The molecule has 2 aromatic carbocycles. The molecule has 1 unspecified atom stereocenters. The molecule has 0 N–H and O–H groups in total. The number of hydrogen-bond donors (Lipinski definition) is 0. The number of carbonyl (C=O) groups is 2. The Labute approximate surface area is 233 Å². The standard InChI is InChI=1S/C29H35N5O6/c1-39-25-11-7-22(8-12-25)27-19-26(21-5-9-24(10-6-21)34(37)38)30-33(27)28(35)20-32(29(36)23-3-2-4-23)14-13-31-15-17-40-18-16-31/h5-12,23,27H,2-4,13-20H2,1H3. The number of methoxy groups -OCH3 is 1. The molecule has 3 aliphatic rings. The number of morpholine rings is 1. The van der Waals surface area contributed by atoms with Crippen molar-refractivity contribution in [2.45, 2.75) is 31.7 Å². The van der Waals surface area contributed by atoms with Crippen molar-refractivity contribution >= 4 is 23.2 Å². The molecule has 0 aromatic heterocycles. The topological polar surface area (TPSA) is 118 Å². The van der Waals surface area contributed by atoms with Crippen LogP contribution >= 0.6 is 0 Å². The predicted octanol–water partition coefficient (Wildman–Crippen LogP) is 3.24. The van der Waals surface area contributed by atoms with Gasteiger partial charge in [-0.05, 0) is 48.2 Å². The van der Waals surface area contributed by atoms with Gasteiger partial charge >= 0.3 is 0 Å². The van der Waals surface area contributed by atoms with Gasteiger partial charge in [-0.1, -0.05) is 18.6 Å². The number of nitro benzene ring substituents is 1. The second-order valence-corrected chi connectivity index (χ2v) is 10.4. The van der Waals surface area contributed by atoms with Gasteiger partial charge in [0, 0.05) is 50.7 Å². The van der Waals surface area contributed by atoms with Gasteiger partial charge in [0.25, 0.3) is 11.6 Å². The number of nitrogens with zero attached hydrogens (tertiary/aromatic N) is 5. The zero-order chi connectivity index (χ0) is 28.1. The van der Waals surface area contributed by atoms with Crippen molar-refractivity contribution in [2.75, 3.05) is 53.0 Å². The van der Waals surface area contributed by atoms with Crippen LogP contribution in [-0.2, 0) is 14.3 Å². The van der Waals surface area contributed by atoms with E-state index in [1.807, 2.05) is 24.3 Å². The zero-order valence-electron chi connectivity index (χ0n) is 22.7. The number of amides is 2. The molecule has 1 saturated heterocycles. The first-order chi connectivity index (χ1) is 19.4. The van der Waals surface area contributed by atoms with Crippen molar-refractivity contribution in [3.05, 3.63) is 69.8 Å². The highest BCUT2D eigenvalue weighted by molar-refractivity contribution is 6.03. The number of hydrogen-bond acceptors (Lipinski definition) is 8. The molecule has 11 nitrogen and oxygen atoms in total. The maximum Gasteiger partial charge on any atom is 0.269 e. The van der Waals surface area contributed by atoms with E-state index in [-0.39, 0.29) is 36.0 Å². The Morgan fingerprint density at radius 1 is 1.10 bits per heavy atom. The SMILES string of the molecule is COc1ccc(C2CC(c3ccc([N+](=O)[O-])cc3)=NN2C(=O)CN(CCN2CCOCC2)C(=O)C2CCC2)cc1. The van der Waals surface area contributed by atoms with Crippen LogP contribution in [0, 0.1) is 16.0 Å². The molecular weight excluding hydrogens is 514 g/mol. The second kappa shape index (κ2) is 12.6. The summed E-state index contributed by atoms with van der Waals surface area (Å²) in [5, 5.41) is 17.3. The van der Waals surface area contributed by atoms with Crippen molar-refractivity contribution in [2.24, 2.45) is 11.0 Å². The molecule has 2 fully saturated rings. The normalized spacial score (nSPS) is 19.6. The summed E-state index contributed by atoms with van der Waals surface area (Å²) in [6, 6.07) is 13.3. The summed E-state index contributed by atoms with van der Waals surface area (Å²) < 4.78 is 10.7. The number of benzene rings is 2. The van der Waals surface area contributed by atoms with E-state index < -0.39 is 4.92 Å². The van der Waals surface area contributed by atoms with Crippen LogP contribution in [0.3, 0.4) is 0 Å². The molecule has 11 heteroatoms. The van der Waals surface area contributed by atoms with E-state index in [1.54, 1.807) is 24.1 Å². The molecule has 212 valence electrons. The van der Waals surface area contributed by atoms with E-state index in [1.165, 1.54) is 17.1 Å². The van der Waals surface area contributed by atoms with E-state index in [0.29, 0.717) is 49.7 Å². The third kappa shape index (κ3) is 6.31. The fourth-order valence-electron chi connectivity index (χ4n) is 5.28. The summed E-state index contributed by atoms with van der Waals surface area (Å²) in [5.74, 6) is 0.462. The minimum Gasteiger partial charge on any atom is -0.497 e. The summed E-state index contributed by atoms with van der Waals surface area (Å²) >= 11 is 0. The quantitative estimate of drug-likeness (QED) is 0.330. The van der Waals surface area contributed by atoms with Gasteiger partial charge in [-0.15, -0.1) is 0 Å². The Kier molecular flexibility index (Phi) is 8.71. The third-order valence-electron chi connectivity index (χ3n) is 7.96. The molecule has 2 aliphatic heterocycles. The Morgan fingerprint density at radius 3 is 2.40 bits per heavy atom. The van der Waals surface area contributed by atoms with E-state index >= 15 is 0 Å². The fraction of sp³-hybridized carbons (Fsp3) is 0.483. The zero-order valence-corrected chi connectivity index (χ0v) is 22.7. The molecule has 40 heavy (non-hydrogen) atoms. The number of ether oxygens (including phenoxy) is 2. The highest BCUT2D eigenvalue weighted by Gasteiger charge is 2.36. The first-order valence-corrected chi connectivity index (χ1v) is 13.8. The predicted molar refractivity (Wildman–Crippen MR) is 148 cm³/mol. The van der Waals surface area contributed by atoms with Crippen LogP contribution < -0.4 is 4.74 Å². The molecule has 1 aliphatic carbocycles. The minimum atomic E-state index is -0.444. The number of rotatable bonds is 10. The van der Waals surface area contributed by atoms with E-state index in [9.17, 15) is 19.7 Å². The number of non-ortho nitro benzene ring substituents is 1. The minimum absolute atomic E-state index is 0.00704. The van der Waals surface area contributed by atoms with Gasteiger partial charge in [-0.3, -0.25) is 24.6 Å². The molecule has 2 heterocycles. The monoisotopic (exact) mass is 549 g/mol. The lowest BCUT2D eigenvalue weighted by atomic mass is 9.84. The van der Waals surface area contributed by atoms with E-state index in [4.69, 9.17) is 14.6 Å². The van der Waals surface area contributed by atoms with Crippen molar-refractivity contribution in [1.29, 1.82) is 0 Å². The largest absolute Gasteiger partial charge is 0.497 e. The van der Waals surface area contributed by atoms with Crippen LogP contribution in [0.1, 0.15) is 42.9 Å². The molecular formula is C29H35N5O6. The summed E-state index contributed by atoms with van der Waals surface area (Å²) in [6.45, 7) is 4.08. The summed E-state index contributed by atoms with van der Waals surface area (Å²) in [5.41, 5.74) is 2.26. The van der Waals surface area contributed by atoms with Gasteiger partial charge < -0.3 is 14.4 Å². The highest BCUT2D eigenvalue weighted by Crippen LogP contribution is 2.34. The van der Waals surface area contributed by atoms with Gasteiger partial charge in [-0.2, -0.15) is 5.10 Å². The molecule has 0 bridgehead atoms. The van der Waals surface area contributed by atoms with Crippen LogP contribution in [0.4, 0.5) is 5.69 Å². The van der Waals surface area contributed by atoms with Crippen molar-refractivity contribution in [3.8, 4) is 5.75 Å². The number of nitro groups is 1. The van der Waals surface area contributed by atoms with Crippen molar-refractivity contribution < 1.29 is 24.0 Å². The second-order valence-electron chi connectivity index (χ2n) is 10.4. The highest BCUT2D eigenvalue weighted by atomic mass is 16.6. The lowest BCUT2D eigenvalue weighted by Gasteiger charge is -2.34. The van der Waals surface area contributed by atoms with Crippen LogP contribution in [0.2, 0.25) is 0 Å². The Morgan fingerprint density at radius 2 is 1.80 bits per heavy atom. The Bertz CT molecular complexity index is 1240. The molecule has 5 rings (SSSR count). The van der Waals surface area contributed by atoms with Gasteiger partial charge in [0.15, 0.2) is 0 Å². The summed E-state index contributed by atoms with van der Waals surface area (Å²) in [4.78, 5) is 41.8. The molecule has 1 saturated carbocycles. The van der Waals surface area contributed by atoms with Crippen LogP contribution in [0.15, 0.2) is 53.6 Å².